The quantitative estimate of drug-likeness (QED) is 0.882. The molecule has 3 rings (SSSR count). The molecule has 0 saturated heterocycles. The van der Waals surface area contributed by atoms with Crippen molar-refractivity contribution in [1.29, 1.82) is 5.26 Å². The summed E-state index contributed by atoms with van der Waals surface area (Å²) in [6.07, 6.45) is 2.14. The highest BCUT2D eigenvalue weighted by Crippen LogP contribution is 2.34. The van der Waals surface area contributed by atoms with Crippen LogP contribution in [0.4, 0.5) is 17.5 Å². The molecule has 1 aliphatic heterocycles. The molecule has 0 spiro atoms. The lowest BCUT2D eigenvalue weighted by atomic mass is 9.96. The first-order valence-electron chi connectivity index (χ1n) is 7.74. The molecule has 6 nitrogen and oxygen atoms in total. The Labute approximate surface area is 135 Å². The minimum atomic E-state index is 0.0815. The van der Waals surface area contributed by atoms with Crippen molar-refractivity contribution in [1.82, 2.24) is 9.97 Å². The predicted molar refractivity (Wildman–Crippen MR) is 91.8 cm³/mol. The number of aromatic nitrogens is 2. The summed E-state index contributed by atoms with van der Waals surface area (Å²) in [5.74, 6) is 0.203. The van der Waals surface area contributed by atoms with Gasteiger partial charge in [-0.1, -0.05) is 6.07 Å². The fourth-order valence-electron chi connectivity index (χ4n) is 3.13. The van der Waals surface area contributed by atoms with Gasteiger partial charge in [-0.3, -0.25) is 0 Å². The van der Waals surface area contributed by atoms with Crippen molar-refractivity contribution < 1.29 is 0 Å². The van der Waals surface area contributed by atoms with E-state index in [1.54, 1.807) is 0 Å². The number of hydrogen-bond donors (Lipinski definition) is 2. The number of nitrogens with two attached hydrogens (primary N) is 2. The van der Waals surface area contributed by atoms with Gasteiger partial charge in [-0.05, 0) is 44.4 Å². The van der Waals surface area contributed by atoms with E-state index in [0.29, 0.717) is 11.7 Å². The summed E-state index contributed by atoms with van der Waals surface area (Å²) >= 11 is 0. The van der Waals surface area contributed by atoms with Crippen LogP contribution in [0.1, 0.15) is 31.4 Å². The smallest absolute Gasteiger partial charge is 0.222 e. The number of hydrogen-bond acceptors (Lipinski definition) is 6. The third-order valence-electron chi connectivity index (χ3n) is 4.20. The molecule has 23 heavy (non-hydrogen) atoms. The number of fused-ring (bicyclic) bond motifs is 1. The van der Waals surface area contributed by atoms with Gasteiger partial charge in [-0.2, -0.15) is 10.2 Å². The Bertz CT molecular complexity index is 790. The summed E-state index contributed by atoms with van der Waals surface area (Å²) in [4.78, 5) is 10.5. The van der Waals surface area contributed by atoms with Crippen LogP contribution >= 0.6 is 0 Å². The maximum atomic E-state index is 9.35. The van der Waals surface area contributed by atoms with E-state index < -0.39 is 0 Å². The van der Waals surface area contributed by atoms with E-state index in [9.17, 15) is 5.26 Å². The number of benzene rings is 1. The van der Waals surface area contributed by atoms with Crippen molar-refractivity contribution in [3.63, 3.8) is 0 Å². The van der Waals surface area contributed by atoms with Gasteiger partial charge in [0.1, 0.15) is 17.5 Å². The van der Waals surface area contributed by atoms with Crippen LogP contribution in [0.2, 0.25) is 0 Å². The van der Waals surface area contributed by atoms with E-state index in [1.807, 2.05) is 6.07 Å². The third-order valence-corrected chi connectivity index (χ3v) is 4.20. The average Bonchev–Trinajstić information content (AvgIpc) is 2.53. The number of anilines is 3. The normalized spacial score (nSPS) is 13.7. The molecule has 1 aromatic heterocycles. The lowest BCUT2D eigenvalue weighted by molar-refractivity contribution is 0.626. The van der Waals surface area contributed by atoms with Gasteiger partial charge in [0, 0.05) is 23.8 Å². The van der Waals surface area contributed by atoms with Gasteiger partial charge < -0.3 is 16.4 Å². The molecule has 1 aliphatic rings. The standard InChI is InChI=1S/C17H20N6/c1-10(2)23-7-3-4-11-8-12(5-6-14(11)23)15-13(9-18)16(19)22-17(20)21-15/h5-6,8,10H,3-4,7H2,1-2H3,(H4,19,20,21,22). The van der Waals surface area contributed by atoms with E-state index in [4.69, 9.17) is 11.5 Å². The molecule has 118 valence electrons. The molecule has 0 aliphatic carbocycles. The summed E-state index contributed by atoms with van der Waals surface area (Å²) in [7, 11) is 0. The predicted octanol–water partition coefficient (Wildman–Crippen LogP) is 2.34. The molecule has 2 heterocycles. The Morgan fingerprint density at radius 1 is 1.26 bits per heavy atom. The molecule has 0 unspecified atom stereocenters. The molecular formula is C17H20N6. The minimum Gasteiger partial charge on any atom is -0.382 e. The van der Waals surface area contributed by atoms with Crippen LogP contribution in [0.3, 0.4) is 0 Å². The summed E-state index contributed by atoms with van der Waals surface area (Å²) < 4.78 is 0. The maximum absolute atomic E-state index is 9.35. The SMILES string of the molecule is CC(C)N1CCCc2cc(-c3nc(N)nc(N)c3C#N)ccc21. The Kier molecular flexibility index (Phi) is 3.78. The molecule has 0 bridgehead atoms. The molecule has 0 radical (unpaired) electrons. The Morgan fingerprint density at radius 2 is 2.04 bits per heavy atom. The summed E-state index contributed by atoms with van der Waals surface area (Å²) in [6.45, 7) is 5.46. The zero-order valence-electron chi connectivity index (χ0n) is 13.4. The number of nitrogens with zero attached hydrogens (tertiary/aromatic N) is 4. The van der Waals surface area contributed by atoms with Crippen LogP contribution in [0.15, 0.2) is 18.2 Å². The van der Waals surface area contributed by atoms with Gasteiger partial charge in [0.05, 0.1) is 5.69 Å². The molecule has 4 N–H and O–H groups in total. The van der Waals surface area contributed by atoms with Crippen molar-refractivity contribution in [2.24, 2.45) is 0 Å². The number of aryl methyl sites for hydroxylation is 1. The fourth-order valence-corrected chi connectivity index (χ4v) is 3.13. The van der Waals surface area contributed by atoms with E-state index in [-0.39, 0.29) is 17.3 Å². The van der Waals surface area contributed by atoms with Crippen molar-refractivity contribution in [2.45, 2.75) is 32.7 Å². The monoisotopic (exact) mass is 308 g/mol. The molecule has 0 atom stereocenters. The molecule has 0 saturated carbocycles. The maximum Gasteiger partial charge on any atom is 0.222 e. The van der Waals surface area contributed by atoms with Gasteiger partial charge >= 0.3 is 0 Å². The highest BCUT2D eigenvalue weighted by molar-refractivity contribution is 5.75. The lowest BCUT2D eigenvalue weighted by Gasteiger charge is -2.35. The lowest BCUT2D eigenvalue weighted by Crippen LogP contribution is -2.35. The van der Waals surface area contributed by atoms with Crippen molar-refractivity contribution in [3.8, 4) is 17.3 Å². The second-order valence-electron chi connectivity index (χ2n) is 6.04. The zero-order valence-corrected chi connectivity index (χ0v) is 13.4. The molecular weight excluding hydrogens is 288 g/mol. The largest absolute Gasteiger partial charge is 0.382 e. The summed E-state index contributed by atoms with van der Waals surface area (Å²) in [5, 5.41) is 9.35. The molecule has 6 heteroatoms. The minimum absolute atomic E-state index is 0.0815. The molecule has 0 fully saturated rings. The van der Waals surface area contributed by atoms with Crippen LogP contribution in [0.5, 0.6) is 0 Å². The van der Waals surface area contributed by atoms with E-state index in [2.05, 4.69) is 46.9 Å². The van der Waals surface area contributed by atoms with E-state index in [0.717, 1.165) is 24.9 Å². The first-order chi connectivity index (χ1) is 11.0. The number of nitriles is 1. The molecule has 0 amide bonds. The van der Waals surface area contributed by atoms with E-state index >= 15 is 0 Å². The summed E-state index contributed by atoms with van der Waals surface area (Å²) in [6, 6.07) is 8.70. The highest BCUT2D eigenvalue weighted by atomic mass is 15.2. The van der Waals surface area contributed by atoms with Gasteiger partial charge in [-0.25, -0.2) is 4.98 Å². The first-order valence-corrected chi connectivity index (χ1v) is 7.74. The van der Waals surface area contributed by atoms with E-state index in [1.165, 1.54) is 11.3 Å². The Morgan fingerprint density at radius 3 is 2.74 bits per heavy atom. The van der Waals surface area contributed by atoms with Crippen LogP contribution in [-0.4, -0.2) is 22.6 Å². The van der Waals surface area contributed by atoms with Gasteiger partial charge in [-0.15, -0.1) is 0 Å². The van der Waals surface area contributed by atoms with Crippen LogP contribution < -0.4 is 16.4 Å². The Hall–Kier alpha value is -2.81. The van der Waals surface area contributed by atoms with Crippen LogP contribution in [-0.2, 0) is 6.42 Å². The highest BCUT2D eigenvalue weighted by Gasteiger charge is 2.21. The fraction of sp³-hybridized carbons (Fsp3) is 0.353. The van der Waals surface area contributed by atoms with Gasteiger partial charge in [0.2, 0.25) is 5.95 Å². The second-order valence-corrected chi connectivity index (χ2v) is 6.04. The summed E-state index contributed by atoms with van der Waals surface area (Å²) in [5.41, 5.74) is 15.7. The number of rotatable bonds is 2. The molecule has 1 aromatic carbocycles. The zero-order chi connectivity index (χ0) is 16.6. The van der Waals surface area contributed by atoms with Crippen molar-refractivity contribution >= 4 is 17.5 Å². The van der Waals surface area contributed by atoms with Crippen molar-refractivity contribution in [3.05, 3.63) is 29.3 Å². The first kappa shape index (κ1) is 15.1. The van der Waals surface area contributed by atoms with Crippen LogP contribution in [0, 0.1) is 11.3 Å². The second kappa shape index (κ2) is 5.76. The topological polar surface area (TPSA) is 105 Å². The third kappa shape index (κ3) is 2.66. The van der Waals surface area contributed by atoms with Gasteiger partial charge in [0.15, 0.2) is 0 Å². The Balaban J connectivity index is 2.12. The number of nitrogen functional groups attached to an aromatic ring is 2. The van der Waals surface area contributed by atoms with Gasteiger partial charge in [0.25, 0.3) is 0 Å². The average molecular weight is 308 g/mol. The molecule has 2 aromatic rings. The van der Waals surface area contributed by atoms with Crippen molar-refractivity contribution in [2.75, 3.05) is 22.9 Å². The van der Waals surface area contributed by atoms with Crippen LogP contribution in [0.25, 0.3) is 11.3 Å².